The average molecular weight is 260 g/mol. The molecule has 3 rings (SSSR count). The molecule has 0 aliphatic heterocycles. The van der Waals surface area contributed by atoms with Gasteiger partial charge in [0.25, 0.3) is 0 Å². The lowest BCUT2D eigenvalue weighted by Crippen LogP contribution is -2.62. The summed E-state index contributed by atoms with van der Waals surface area (Å²) in [6, 6.07) is 6.73. The van der Waals surface area contributed by atoms with Gasteiger partial charge in [0, 0.05) is 30.8 Å². The highest BCUT2D eigenvalue weighted by molar-refractivity contribution is 5.11. The zero-order chi connectivity index (χ0) is 13.1. The van der Waals surface area contributed by atoms with Crippen molar-refractivity contribution in [3.05, 3.63) is 30.1 Å². The summed E-state index contributed by atoms with van der Waals surface area (Å²) >= 11 is 0. The van der Waals surface area contributed by atoms with E-state index in [1.807, 2.05) is 12.3 Å². The van der Waals surface area contributed by atoms with Gasteiger partial charge >= 0.3 is 0 Å². The van der Waals surface area contributed by atoms with E-state index in [9.17, 15) is 0 Å². The maximum Gasteiger partial charge on any atom is 0.0661 e. The highest BCUT2D eigenvalue weighted by Gasteiger charge is 2.56. The van der Waals surface area contributed by atoms with E-state index < -0.39 is 0 Å². The Kier molecular flexibility index (Phi) is 3.85. The van der Waals surface area contributed by atoms with Crippen molar-refractivity contribution in [3.63, 3.8) is 0 Å². The first-order valence-electron chi connectivity index (χ1n) is 7.60. The molecular weight excluding hydrogens is 236 g/mol. The lowest BCUT2D eigenvalue weighted by molar-refractivity contribution is -0.130. The molecule has 2 unspecified atom stereocenters. The summed E-state index contributed by atoms with van der Waals surface area (Å²) in [4.78, 5) is 4.39. The van der Waals surface area contributed by atoms with E-state index in [0.29, 0.717) is 17.6 Å². The highest BCUT2D eigenvalue weighted by atomic mass is 16.5. The Bertz CT molecular complexity index is 400. The molecular formula is C16H24N2O. The van der Waals surface area contributed by atoms with Crippen molar-refractivity contribution in [2.75, 3.05) is 6.61 Å². The maximum atomic E-state index is 5.94. The fourth-order valence-electron chi connectivity index (χ4n) is 3.90. The fraction of sp³-hybridized carbons (Fsp3) is 0.688. The lowest BCUT2D eigenvalue weighted by atomic mass is 9.60. The Hall–Kier alpha value is -0.930. The second-order valence-electron chi connectivity index (χ2n) is 5.87. The predicted octanol–water partition coefficient (Wildman–Crippen LogP) is 2.91. The zero-order valence-electron chi connectivity index (χ0n) is 11.8. The monoisotopic (exact) mass is 260 g/mol. The molecule has 2 atom stereocenters. The molecule has 1 heterocycles. The summed E-state index contributed by atoms with van der Waals surface area (Å²) in [5.74, 6) is 0. The van der Waals surface area contributed by atoms with Crippen LogP contribution in [0, 0.1) is 5.41 Å². The predicted molar refractivity (Wildman–Crippen MR) is 75.8 cm³/mol. The Labute approximate surface area is 115 Å². The van der Waals surface area contributed by atoms with E-state index in [4.69, 9.17) is 4.74 Å². The number of aromatic nitrogens is 1. The second kappa shape index (κ2) is 5.59. The second-order valence-corrected chi connectivity index (χ2v) is 5.87. The van der Waals surface area contributed by atoms with Crippen molar-refractivity contribution in [2.45, 2.75) is 57.7 Å². The van der Waals surface area contributed by atoms with E-state index in [0.717, 1.165) is 18.8 Å². The van der Waals surface area contributed by atoms with Gasteiger partial charge in [-0.25, -0.2) is 0 Å². The number of rotatable bonds is 5. The summed E-state index contributed by atoms with van der Waals surface area (Å²) < 4.78 is 5.94. The minimum atomic E-state index is 0.421. The number of nitrogens with zero attached hydrogens (tertiary/aromatic N) is 1. The number of nitrogens with one attached hydrogen (secondary N) is 1. The normalized spacial score (nSPS) is 28.5. The van der Waals surface area contributed by atoms with Crippen LogP contribution in [0.1, 0.15) is 44.7 Å². The van der Waals surface area contributed by atoms with Gasteiger partial charge in [0.1, 0.15) is 0 Å². The smallest absolute Gasteiger partial charge is 0.0661 e. The van der Waals surface area contributed by atoms with Gasteiger partial charge < -0.3 is 10.1 Å². The largest absolute Gasteiger partial charge is 0.378 e. The number of hydrogen-bond donors (Lipinski definition) is 1. The van der Waals surface area contributed by atoms with Crippen molar-refractivity contribution >= 4 is 0 Å². The standard InChI is InChI=1S/C16H24N2O/c1-2-19-15-11-14(16(15)8-4-5-9-16)18-12-13-7-3-6-10-17-13/h3,6-7,10,14-15,18H,2,4-5,8-9,11-12H2,1H3. The van der Waals surface area contributed by atoms with Crippen LogP contribution in [0.2, 0.25) is 0 Å². The third-order valence-electron chi connectivity index (χ3n) is 4.94. The van der Waals surface area contributed by atoms with Crippen LogP contribution >= 0.6 is 0 Å². The lowest BCUT2D eigenvalue weighted by Gasteiger charge is -2.54. The molecule has 2 fully saturated rings. The van der Waals surface area contributed by atoms with E-state index in [2.05, 4.69) is 29.4 Å². The summed E-state index contributed by atoms with van der Waals surface area (Å²) in [6.45, 7) is 3.84. The zero-order valence-corrected chi connectivity index (χ0v) is 11.8. The molecule has 1 N–H and O–H groups in total. The molecule has 2 saturated carbocycles. The third kappa shape index (κ3) is 2.41. The molecule has 1 aromatic heterocycles. The van der Waals surface area contributed by atoms with Gasteiger partial charge in [-0.1, -0.05) is 18.9 Å². The van der Waals surface area contributed by atoms with Crippen LogP contribution < -0.4 is 5.32 Å². The topological polar surface area (TPSA) is 34.1 Å². The minimum Gasteiger partial charge on any atom is -0.378 e. The SMILES string of the molecule is CCOC1CC(NCc2ccccn2)C12CCCC2. The Balaban J connectivity index is 1.59. The summed E-state index contributed by atoms with van der Waals surface area (Å²) in [5.41, 5.74) is 1.56. The van der Waals surface area contributed by atoms with Gasteiger partial charge in [-0.2, -0.15) is 0 Å². The van der Waals surface area contributed by atoms with Gasteiger partial charge in [0.2, 0.25) is 0 Å². The summed E-state index contributed by atoms with van der Waals surface area (Å²) in [7, 11) is 0. The molecule has 1 spiro atoms. The Morgan fingerprint density at radius 2 is 2.21 bits per heavy atom. The molecule has 0 aromatic carbocycles. The van der Waals surface area contributed by atoms with E-state index in [1.54, 1.807) is 0 Å². The van der Waals surface area contributed by atoms with Crippen LogP contribution in [0.4, 0.5) is 0 Å². The molecule has 0 saturated heterocycles. The van der Waals surface area contributed by atoms with Crippen LogP contribution in [0.5, 0.6) is 0 Å². The first kappa shape index (κ1) is 13.1. The number of pyridine rings is 1. The third-order valence-corrected chi connectivity index (χ3v) is 4.94. The molecule has 2 aliphatic rings. The van der Waals surface area contributed by atoms with Gasteiger partial charge in [-0.15, -0.1) is 0 Å². The summed E-state index contributed by atoms with van der Waals surface area (Å²) in [6.07, 6.45) is 8.92. The molecule has 3 nitrogen and oxygen atoms in total. The number of hydrogen-bond acceptors (Lipinski definition) is 3. The van der Waals surface area contributed by atoms with Crippen molar-refractivity contribution < 1.29 is 4.74 Å². The van der Waals surface area contributed by atoms with Crippen molar-refractivity contribution in [1.82, 2.24) is 10.3 Å². The molecule has 3 heteroatoms. The molecule has 2 aliphatic carbocycles. The van der Waals surface area contributed by atoms with E-state index in [1.165, 1.54) is 32.1 Å². The number of ether oxygens (including phenoxy) is 1. The maximum absolute atomic E-state index is 5.94. The van der Waals surface area contributed by atoms with Crippen LogP contribution in [0.3, 0.4) is 0 Å². The van der Waals surface area contributed by atoms with Gasteiger partial charge in [-0.05, 0) is 38.3 Å². The fourth-order valence-corrected chi connectivity index (χ4v) is 3.90. The van der Waals surface area contributed by atoms with Gasteiger partial charge in [-0.3, -0.25) is 4.98 Å². The van der Waals surface area contributed by atoms with Crippen LogP contribution in [-0.4, -0.2) is 23.7 Å². The quantitative estimate of drug-likeness (QED) is 0.884. The first-order valence-corrected chi connectivity index (χ1v) is 7.60. The van der Waals surface area contributed by atoms with E-state index in [-0.39, 0.29) is 0 Å². The molecule has 0 radical (unpaired) electrons. The average Bonchev–Trinajstić information content (AvgIpc) is 2.95. The van der Waals surface area contributed by atoms with Crippen LogP contribution in [0.15, 0.2) is 24.4 Å². The van der Waals surface area contributed by atoms with Crippen molar-refractivity contribution in [1.29, 1.82) is 0 Å². The van der Waals surface area contributed by atoms with Gasteiger partial charge in [0.05, 0.1) is 11.8 Å². The Morgan fingerprint density at radius 1 is 1.37 bits per heavy atom. The molecule has 0 bridgehead atoms. The van der Waals surface area contributed by atoms with Crippen molar-refractivity contribution in [3.8, 4) is 0 Å². The molecule has 0 amide bonds. The first-order chi connectivity index (χ1) is 9.35. The van der Waals surface area contributed by atoms with Gasteiger partial charge in [0.15, 0.2) is 0 Å². The van der Waals surface area contributed by atoms with Crippen molar-refractivity contribution in [2.24, 2.45) is 5.41 Å². The molecule has 19 heavy (non-hydrogen) atoms. The van der Waals surface area contributed by atoms with E-state index >= 15 is 0 Å². The Morgan fingerprint density at radius 3 is 2.89 bits per heavy atom. The van der Waals surface area contributed by atoms with Crippen LogP contribution in [0.25, 0.3) is 0 Å². The minimum absolute atomic E-state index is 0.421. The molecule has 104 valence electrons. The summed E-state index contributed by atoms with van der Waals surface area (Å²) in [5, 5.41) is 3.71. The van der Waals surface area contributed by atoms with Crippen LogP contribution in [-0.2, 0) is 11.3 Å². The molecule has 1 aromatic rings. The highest BCUT2D eigenvalue weighted by Crippen LogP contribution is 2.54.